The Morgan fingerprint density at radius 2 is 0.639 bits per heavy atom. The van der Waals surface area contributed by atoms with Gasteiger partial charge in [-0.25, -0.2) is 0 Å². The highest BCUT2D eigenvalue weighted by Gasteiger charge is 2.46. The predicted octanol–water partition coefficient (Wildman–Crippen LogP) is 18.7. The average Bonchev–Trinajstić information content (AvgIpc) is 3.25. The van der Waals surface area contributed by atoms with Crippen LogP contribution < -0.4 is 14.0 Å². The summed E-state index contributed by atoms with van der Waals surface area (Å²) in [4.78, 5) is 0. The third-order valence-corrected chi connectivity index (χ3v) is 12.1. The van der Waals surface area contributed by atoms with Crippen LogP contribution in [0.4, 0.5) is 79.0 Å². The topological polar surface area (TPSA) is 27.7 Å². The monoisotopic (exact) mass is 1060 g/mol. The van der Waals surface area contributed by atoms with Gasteiger partial charge in [-0.05, 0) is 87.1 Å². The van der Waals surface area contributed by atoms with Crippen LogP contribution >= 0.6 is 0 Å². The Morgan fingerprint density at radius 1 is 0.347 bits per heavy atom. The minimum absolute atomic E-state index is 0.0276. The highest BCUT2D eigenvalue weighted by molar-refractivity contribution is 6.39. The SMILES string of the molecule is CCCCCCCC[N+](CCCCCCCC)(CCCCCCCC)Cc1c(OB(Oc2cc(C(F)(F)F)cc(C(F)(F)F)c2)Oc2cc(C(F)(F)F)cc(C(F)(F)F)c2)cc(C(F)(F)F)cc1C(F)(F)F. The molecule has 4 nitrogen and oxygen atoms in total. The zero-order valence-corrected chi connectivity index (χ0v) is 40.2. The molecule has 0 bridgehead atoms. The van der Waals surface area contributed by atoms with E-state index in [2.05, 4.69) is 0 Å². The van der Waals surface area contributed by atoms with Gasteiger partial charge in [0.15, 0.2) is 0 Å². The third-order valence-electron chi connectivity index (χ3n) is 12.1. The summed E-state index contributed by atoms with van der Waals surface area (Å²) in [7, 11) is -3.26. The van der Waals surface area contributed by atoms with E-state index in [1.165, 1.54) is 0 Å². The van der Waals surface area contributed by atoms with Crippen molar-refractivity contribution in [2.75, 3.05) is 19.6 Å². The summed E-state index contributed by atoms with van der Waals surface area (Å²) in [5.74, 6) is -4.55. The van der Waals surface area contributed by atoms with E-state index in [-0.39, 0.29) is 72.6 Å². The van der Waals surface area contributed by atoms with E-state index in [1.54, 1.807) is 0 Å². The van der Waals surface area contributed by atoms with Crippen molar-refractivity contribution in [1.82, 2.24) is 0 Å². The second kappa shape index (κ2) is 26.9. The van der Waals surface area contributed by atoms with Gasteiger partial charge in [0.2, 0.25) is 0 Å². The van der Waals surface area contributed by atoms with Crippen LogP contribution in [-0.4, -0.2) is 31.4 Å². The van der Waals surface area contributed by atoms with Crippen LogP contribution in [0.15, 0.2) is 48.5 Å². The van der Waals surface area contributed by atoms with Gasteiger partial charge in [-0.2, -0.15) is 79.0 Å². The number of nitrogens with zero attached hydrogens (tertiary/aromatic N) is 1. The van der Waals surface area contributed by atoms with E-state index >= 15 is 13.2 Å². The molecular weight excluding hydrogens is 1000 g/mol. The fraction of sp³-hybridized carbons (Fsp3) is 0.633. The van der Waals surface area contributed by atoms with Crippen molar-refractivity contribution in [3.63, 3.8) is 0 Å². The normalized spacial score (nSPS) is 13.2. The van der Waals surface area contributed by atoms with Gasteiger partial charge in [0.25, 0.3) is 0 Å². The molecule has 0 spiro atoms. The Kier molecular flexibility index (Phi) is 23.2. The molecule has 3 aromatic carbocycles. The van der Waals surface area contributed by atoms with Crippen molar-refractivity contribution in [3.8, 4) is 17.2 Å². The zero-order valence-electron chi connectivity index (χ0n) is 40.2. The van der Waals surface area contributed by atoms with Gasteiger partial charge in [0.1, 0.15) is 23.8 Å². The van der Waals surface area contributed by atoms with Crippen LogP contribution in [0.3, 0.4) is 0 Å². The van der Waals surface area contributed by atoms with E-state index in [1.807, 2.05) is 20.8 Å². The van der Waals surface area contributed by atoms with Crippen molar-refractivity contribution in [3.05, 3.63) is 87.5 Å². The predicted molar refractivity (Wildman–Crippen MR) is 236 cm³/mol. The van der Waals surface area contributed by atoms with E-state index in [0.29, 0.717) is 38.5 Å². The zero-order chi connectivity index (χ0) is 54.2. The molecule has 0 aliphatic heterocycles. The molecule has 0 atom stereocenters. The number of halogens is 18. The van der Waals surface area contributed by atoms with Crippen molar-refractivity contribution >= 4 is 7.32 Å². The van der Waals surface area contributed by atoms with E-state index < -0.39 is 107 Å². The quantitative estimate of drug-likeness (QED) is 0.0300. The fourth-order valence-corrected chi connectivity index (χ4v) is 8.31. The molecule has 0 unspecified atom stereocenters. The third kappa shape index (κ3) is 20.6. The summed E-state index contributed by atoms with van der Waals surface area (Å²) in [6.07, 6.45) is -20.2. The summed E-state index contributed by atoms with van der Waals surface area (Å²) in [5, 5.41) is 0. The van der Waals surface area contributed by atoms with Gasteiger partial charge in [0, 0.05) is 0 Å². The molecule has 0 aliphatic carbocycles. The summed E-state index contributed by atoms with van der Waals surface area (Å²) < 4.78 is 273. The fourth-order valence-electron chi connectivity index (χ4n) is 8.31. The largest absolute Gasteiger partial charge is 0.864 e. The number of rotatable bonds is 29. The van der Waals surface area contributed by atoms with E-state index in [4.69, 9.17) is 14.0 Å². The number of quaternary nitrogens is 1. The minimum atomic E-state index is -5.63. The van der Waals surface area contributed by atoms with Crippen LogP contribution in [-0.2, 0) is 43.6 Å². The molecule has 0 amide bonds. The Morgan fingerprint density at radius 3 is 0.931 bits per heavy atom. The van der Waals surface area contributed by atoms with Crippen molar-refractivity contribution in [2.24, 2.45) is 0 Å². The van der Waals surface area contributed by atoms with Gasteiger partial charge in [0.05, 0.1) is 58.6 Å². The lowest BCUT2D eigenvalue weighted by Gasteiger charge is -2.40. The molecule has 0 aliphatic rings. The molecule has 408 valence electrons. The maximum absolute atomic E-state index is 15.4. The van der Waals surface area contributed by atoms with Gasteiger partial charge < -0.3 is 18.4 Å². The second-order valence-corrected chi connectivity index (χ2v) is 18.1. The Hall–Kier alpha value is -4.18. The molecule has 72 heavy (non-hydrogen) atoms. The first kappa shape index (κ1) is 62.1. The number of hydrogen-bond acceptors (Lipinski definition) is 3. The molecule has 0 saturated heterocycles. The number of hydrogen-bond donors (Lipinski definition) is 0. The van der Waals surface area contributed by atoms with Crippen LogP contribution in [0.25, 0.3) is 0 Å². The second-order valence-electron chi connectivity index (χ2n) is 18.1. The first-order valence-electron chi connectivity index (χ1n) is 24.1. The Balaban J connectivity index is 2.44. The summed E-state index contributed by atoms with van der Waals surface area (Å²) in [6.45, 7) is 5.81. The molecule has 23 heteroatoms. The molecule has 0 heterocycles. The van der Waals surface area contributed by atoms with Crippen LogP contribution in [0.2, 0.25) is 0 Å². The number of alkyl halides is 18. The van der Waals surface area contributed by atoms with E-state index in [9.17, 15) is 65.9 Å². The van der Waals surface area contributed by atoms with Gasteiger partial charge >= 0.3 is 44.4 Å². The lowest BCUT2D eigenvalue weighted by Crippen LogP contribution is -2.50. The molecule has 0 fully saturated rings. The molecule has 3 rings (SSSR count). The Labute approximate surface area is 408 Å². The summed E-state index contributed by atoms with van der Waals surface area (Å²) in [6, 6.07) is -1.46. The summed E-state index contributed by atoms with van der Waals surface area (Å²) >= 11 is 0. The maximum atomic E-state index is 15.4. The number of unbranched alkanes of at least 4 members (excludes halogenated alkanes) is 15. The molecular formula is C49H61BF18NO3+. The smallest absolute Gasteiger partial charge is 0.490 e. The van der Waals surface area contributed by atoms with Crippen LogP contribution in [0.1, 0.15) is 175 Å². The van der Waals surface area contributed by atoms with Crippen molar-refractivity contribution in [2.45, 2.75) is 180 Å². The first-order chi connectivity index (χ1) is 33.3. The van der Waals surface area contributed by atoms with Gasteiger partial charge in [-0.1, -0.05) is 97.8 Å². The van der Waals surface area contributed by atoms with Crippen molar-refractivity contribution < 1.29 is 97.5 Å². The highest BCUT2D eigenvalue weighted by atomic mass is 19.4. The standard InChI is InChI=1S/C49H61BF18NO3/c1-4-7-10-13-16-19-22-69(23-20-17-14-11-8-5-2,24-21-18-15-12-9-6-3)33-41-42(49(66,67)68)31-38(48(63,64)65)32-43(41)72-50(70-39-27-34(44(51,52)53)25-35(28-39)45(54,55)56)71-40-29-36(46(57,58)59)26-37(30-40)47(60,61)62/h25-32H,4-24,33H2,1-3H3/q+1. The van der Waals surface area contributed by atoms with Gasteiger partial charge in [-0.3, -0.25) is 0 Å². The minimum Gasteiger partial charge on any atom is -0.490 e. The Bertz CT molecular complexity index is 1910. The lowest BCUT2D eigenvalue weighted by atomic mass is 9.97. The van der Waals surface area contributed by atoms with Crippen molar-refractivity contribution in [1.29, 1.82) is 0 Å². The maximum Gasteiger partial charge on any atom is 0.864 e. The van der Waals surface area contributed by atoms with Crippen LogP contribution in [0.5, 0.6) is 17.2 Å². The molecule has 0 N–H and O–H groups in total. The van der Waals surface area contributed by atoms with Crippen LogP contribution in [0, 0.1) is 0 Å². The van der Waals surface area contributed by atoms with E-state index in [0.717, 1.165) is 77.0 Å². The number of benzene rings is 3. The summed E-state index contributed by atoms with van der Waals surface area (Å²) in [5.41, 5.74) is -13.3. The average molecular weight is 1060 g/mol. The lowest BCUT2D eigenvalue weighted by molar-refractivity contribution is -0.941. The first-order valence-corrected chi connectivity index (χ1v) is 24.1. The molecule has 0 radical (unpaired) electrons. The van der Waals surface area contributed by atoms with Gasteiger partial charge in [-0.15, -0.1) is 0 Å². The molecule has 0 saturated carbocycles. The molecule has 0 aromatic heterocycles. The highest BCUT2D eigenvalue weighted by Crippen LogP contribution is 2.45. The molecule has 3 aromatic rings.